The standard InChI is InChI=1S/C21H22ClN5O2.2C20H21F3N6O2.C20H20F3N5O3/c22-14-4-8-19(23-11-14)25-21(29)27-15-9-10-26(12-15)17-6-5-16(24-20(17)27)18(28)7-3-13-1-2-13;21-20(22,23)16(24)7-6-15(30)13-4-5-14-18(26-13)29(12-8-10-28(14)11-12)19(31)27-17-3-1-2-9-25-17;21-20(22,23)12(10-24)9-16(30)14-4-5-15-18(26-14)29(13-6-8-28(15)11-13)19(31)27-17-3-1-2-7-25-17;21-20(22,23)16(30)7-6-15(29)13-4-5-14-18(25-13)28(12-8-10-27(14)11-12)19(31)26-17-3-1-2-9-24-17/h4-6,8,11,13,15H,1-3,7,9-10,12H2,(H,23,25,29);1-5,9,12,16H,6-8,10-11,24H2,(H,25,27,31);1-5,7,12-13H,6,8-11,24H2,(H,25,27,31);1-5,9,12,16,30H,6-8,10-11H2,(H,24,26,31)/t15-;12-,16-;12-,13-;12-,16-/m0000/s1. The normalized spacial score (nSPS) is 18.8. The number of anilines is 12. The first-order valence-electron chi connectivity index (χ1n) is 39.6. The molecule has 5 fully saturated rings. The van der Waals surface area contributed by atoms with Crippen molar-refractivity contribution in [3.05, 3.63) is 168 Å². The molecule has 122 heavy (non-hydrogen) atoms. The number of nitrogens with two attached hydrogens (primary N) is 2. The number of urea groups is 4. The van der Waals surface area contributed by atoms with Crippen molar-refractivity contribution >= 4 is 128 Å². The molecular weight excluding hydrogens is 1630 g/mol. The van der Waals surface area contributed by atoms with Crippen LogP contribution in [0.5, 0.6) is 0 Å². The zero-order chi connectivity index (χ0) is 86.5. The Labute approximate surface area is 696 Å². The fourth-order valence-electron chi connectivity index (χ4n) is 15.6. The van der Waals surface area contributed by atoms with Crippen LogP contribution in [0.15, 0.2) is 140 Å². The number of fused-ring (bicyclic) bond motifs is 16. The van der Waals surface area contributed by atoms with Gasteiger partial charge >= 0.3 is 42.7 Å². The van der Waals surface area contributed by atoms with E-state index in [9.17, 15) is 77.9 Å². The molecule has 8 aromatic rings. The number of pyridine rings is 8. The minimum absolute atomic E-state index is 0.00580. The molecule has 41 heteroatoms. The number of alkyl halides is 9. The summed E-state index contributed by atoms with van der Waals surface area (Å²) < 4.78 is 114. The highest BCUT2D eigenvalue weighted by molar-refractivity contribution is 6.30. The summed E-state index contributed by atoms with van der Waals surface area (Å²) in [6, 6.07) is 27.5. The van der Waals surface area contributed by atoms with Crippen molar-refractivity contribution in [1.82, 2.24) is 39.9 Å². The fraction of sp³-hybridized carbons (Fsp3) is 0.407. The highest BCUT2D eigenvalue weighted by Crippen LogP contribution is 2.45. The Bertz CT molecular complexity index is 5030. The Balaban J connectivity index is 0.000000133. The SMILES string of the molecule is NC[C@H](CC(=O)c1ccc2c(n1)N(C(=O)Nc1ccccn1)[C@H]1CCN2C1)C(F)(F)F.N[C@@H](CCC(=O)c1ccc2c(n1)N(C(=O)Nc1ccccn1)[C@H]1CCN2C1)C(F)(F)F.O=C(CCC1CC1)c1ccc2c(n1)N(C(=O)Nc1ccc(Cl)cn1)[C@H]1CCN2C1.O=C(CC[C@H](O)C(F)(F)F)c1ccc2c(n1)N(C(=O)Nc1ccccn1)[C@H]1CCN2C1. The molecule has 8 amide bonds. The van der Waals surface area contributed by atoms with Gasteiger partial charge in [-0.25, -0.2) is 59.0 Å². The molecule has 9 N–H and O–H groups in total. The van der Waals surface area contributed by atoms with Crippen LogP contribution in [0.25, 0.3) is 0 Å². The second kappa shape index (κ2) is 36.6. The van der Waals surface area contributed by atoms with Crippen molar-refractivity contribution in [2.75, 3.05) is 119 Å². The Morgan fingerprint density at radius 1 is 0.426 bits per heavy atom. The predicted octanol–water partition coefficient (Wildman–Crippen LogP) is 12.9. The van der Waals surface area contributed by atoms with E-state index >= 15 is 0 Å². The molecule has 7 atom stereocenters. The van der Waals surface area contributed by atoms with Crippen LogP contribution in [-0.2, 0) is 0 Å². The average molecular weight is 1720 g/mol. The second-order valence-corrected chi connectivity index (χ2v) is 31.0. The lowest BCUT2D eigenvalue weighted by Crippen LogP contribution is -2.48. The smallest absolute Gasteiger partial charge is 0.384 e. The van der Waals surface area contributed by atoms with Gasteiger partial charge in [0.1, 0.15) is 58.2 Å². The van der Waals surface area contributed by atoms with Crippen molar-refractivity contribution in [1.29, 1.82) is 0 Å². The van der Waals surface area contributed by atoms with Crippen molar-refractivity contribution in [2.45, 2.75) is 138 Å². The number of rotatable bonds is 20. The maximum Gasteiger partial charge on any atom is 0.414 e. The molecule has 0 aromatic carbocycles. The van der Waals surface area contributed by atoms with E-state index < -0.39 is 104 Å². The number of ketones is 4. The van der Waals surface area contributed by atoms with Gasteiger partial charge in [0, 0.05) is 109 Å². The molecular formula is C81H84ClF9N22O9. The number of carbonyl (C=O) groups is 8. The molecule has 31 nitrogen and oxygen atoms in total. The molecule has 1 saturated carbocycles. The summed E-state index contributed by atoms with van der Waals surface area (Å²) in [5, 5.41) is 20.6. The molecule has 17 rings (SSSR count). The quantitative estimate of drug-likeness (QED) is 0.0275. The maximum atomic E-state index is 13.1. The monoisotopic (exact) mass is 1710 g/mol. The van der Waals surface area contributed by atoms with E-state index in [1.54, 1.807) is 114 Å². The lowest BCUT2D eigenvalue weighted by atomic mass is 10.00. The lowest BCUT2D eigenvalue weighted by Gasteiger charge is -2.35. The van der Waals surface area contributed by atoms with Crippen LogP contribution in [0.2, 0.25) is 5.02 Å². The highest BCUT2D eigenvalue weighted by atomic mass is 35.5. The molecule has 0 radical (unpaired) electrons. The highest BCUT2D eigenvalue weighted by Gasteiger charge is 2.47. The summed E-state index contributed by atoms with van der Waals surface area (Å²) >= 11 is 5.88. The van der Waals surface area contributed by atoms with Crippen LogP contribution in [0, 0.1) is 11.8 Å². The van der Waals surface area contributed by atoms with E-state index in [2.05, 4.69) is 75.8 Å². The van der Waals surface area contributed by atoms with E-state index in [4.69, 9.17) is 28.2 Å². The fourth-order valence-corrected chi connectivity index (χ4v) is 15.7. The third kappa shape index (κ3) is 20.0. The number of halogens is 10. The third-order valence-electron chi connectivity index (χ3n) is 22.3. The van der Waals surface area contributed by atoms with Crippen molar-refractivity contribution in [2.24, 2.45) is 23.3 Å². The number of hydrogen-bond acceptors (Lipinski definition) is 23. The van der Waals surface area contributed by atoms with Crippen LogP contribution < -0.4 is 71.9 Å². The maximum absolute atomic E-state index is 13.1. The van der Waals surface area contributed by atoms with Gasteiger partial charge in [0.05, 0.1) is 57.9 Å². The number of amides is 8. The molecule has 1 aliphatic carbocycles. The van der Waals surface area contributed by atoms with Gasteiger partial charge in [-0.2, -0.15) is 39.5 Å². The Kier molecular flexibility index (Phi) is 25.8. The minimum atomic E-state index is -4.78. The summed E-state index contributed by atoms with van der Waals surface area (Å²) in [6.45, 7) is 4.99. The summed E-state index contributed by atoms with van der Waals surface area (Å²) in [7, 11) is 0. The van der Waals surface area contributed by atoms with Crippen molar-refractivity contribution < 1.29 is 83.0 Å². The van der Waals surface area contributed by atoms with Gasteiger partial charge in [-0.05, 0) is 148 Å². The lowest BCUT2D eigenvalue weighted by molar-refractivity contribution is -0.205. The third-order valence-corrected chi connectivity index (χ3v) is 22.5. The van der Waals surface area contributed by atoms with Crippen molar-refractivity contribution in [3.63, 3.8) is 0 Å². The molecule has 4 saturated heterocycles. The van der Waals surface area contributed by atoms with Crippen LogP contribution in [-0.4, -0.2) is 206 Å². The van der Waals surface area contributed by atoms with Gasteiger partial charge in [0.15, 0.2) is 46.4 Å². The Morgan fingerprint density at radius 3 is 1.07 bits per heavy atom. The number of aliphatic hydroxyl groups is 1. The molecule has 8 aliphatic heterocycles. The van der Waals surface area contributed by atoms with Gasteiger partial charge in [0.25, 0.3) is 0 Å². The van der Waals surface area contributed by atoms with E-state index in [0.717, 1.165) is 51.1 Å². The summed E-state index contributed by atoms with van der Waals surface area (Å²) in [5.74, 6) is -0.217. The van der Waals surface area contributed by atoms with Crippen LogP contribution >= 0.6 is 11.6 Å². The number of nitrogens with zero attached hydrogens (tertiary/aromatic N) is 16. The molecule has 9 aliphatic rings. The zero-order valence-corrected chi connectivity index (χ0v) is 66.0. The molecule has 642 valence electrons. The number of hydrogen-bond donors (Lipinski definition) is 7. The van der Waals surface area contributed by atoms with Crippen LogP contribution in [0.1, 0.15) is 125 Å². The van der Waals surface area contributed by atoms with Gasteiger partial charge in [-0.1, -0.05) is 42.6 Å². The first-order valence-corrected chi connectivity index (χ1v) is 40.0. The number of carbonyl (C=O) groups excluding carboxylic acids is 8. The Morgan fingerprint density at radius 2 is 0.770 bits per heavy atom. The van der Waals surface area contributed by atoms with E-state index in [1.165, 1.54) is 51.9 Å². The number of aliphatic hydroxyl groups excluding tert-OH is 1. The first kappa shape index (κ1) is 86.1. The number of Topliss-reactive ketones (excluding diaryl/α,β-unsaturated/α-hetero) is 4. The van der Waals surface area contributed by atoms with Gasteiger partial charge in [-0.15, -0.1) is 0 Å². The van der Waals surface area contributed by atoms with Crippen LogP contribution in [0.3, 0.4) is 0 Å². The van der Waals surface area contributed by atoms with Crippen molar-refractivity contribution in [3.8, 4) is 0 Å². The number of aromatic nitrogens is 8. The minimum Gasteiger partial charge on any atom is -0.384 e. The molecule has 16 heterocycles. The topological polar surface area (TPSA) is 386 Å². The summed E-state index contributed by atoms with van der Waals surface area (Å²) in [5.41, 5.74) is 13.5. The second-order valence-electron chi connectivity index (χ2n) is 30.6. The van der Waals surface area contributed by atoms with Gasteiger partial charge in [-0.3, -0.25) is 60.0 Å². The predicted molar refractivity (Wildman–Crippen MR) is 434 cm³/mol. The molecule has 0 spiro atoms. The molecule has 8 aromatic heterocycles. The molecule has 8 bridgehead atoms. The van der Waals surface area contributed by atoms with Gasteiger partial charge in [0.2, 0.25) is 0 Å². The summed E-state index contributed by atoms with van der Waals surface area (Å²) in [4.78, 5) is 151. The average Bonchev–Trinajstić information content (AvgIpc) is 1.58. The van der Waals surface area contributed by atoms with E-state index in [-0.39, 0.29) is 71.1 Å². The molecule has 0 unspecified atom stereocenters. The Hall–Kier alpha value is -12.3. The van der Waals surface area contributed by atoms with E-state index in [1.807, 2.05) is 11.0 Å². The largest absolute Gasteiger partial charge is 0.414 e. The number of nitrogens with one attached hydrogen (secondary N) is 4. The van der Waals surface area contributed by atoms with Crippen LogP contribution in [0.4, 0.5) is 128 Å². The zero-order valence-electron chi connectivity index (χ0n) is 65.3. The van der Waals surface area contributed by atoms with Gasteiger partial charge < -0.3 is 36.2 Å². The summed E-state index contributed by atoms with van der Waals surface area (Å²) in [6.07, 6.45) is -6.40. The first-order chi connectivity index (χ1) is 58.3. The van der Waals surface area contributed by atoms with E-state index in [0.29, 0.717) is 114 Å².